The van der Waals surface area contributed by atoms with E-state index in [2.05, 4.69) is 5.32 Å². The first kappa shape index (κ1) is 23.1. The third-order valence-electron chi connectivity index (χ3n) is 5.07. The number of carbonyl (C=O) groups excluding carboxylic acids is 4. The number of hydrogen-bond donors (Lipinski definition) is 1. The van der Waals surface area contributed by atoms with Crippen LogP contribution in [0.15, 0.2) is 42.5 Å². The van der Waals surface area contributed by atoms with E-state index >= 15 is 0 Å². The minimum absolute atomic E-state index is 0.213. The number of fused-ring (bicyclic) bond motifs is 1. The molecule has 0 bridgehead atoms. The van der Waals surface area contributed by atoms with Gasteiger partial charge in [0.15, 0.2) is 0 Å². The number of imide groups is 1. The highest BCUT2D eigenvalue weighted by Crippen LogP contribution is 2.25. The van der Waals surface area contributed by atoms with Gasteiger partial charge in [-0.25, -0.2) is 4.79 Å². The number of methoxy groups -OCH3 is 1. The molecule has 1 N–H and O–H groups in total. The van der Waals surface area contributed by atoms with Crippen molar-refractivity contribution in [3.8, 4) is 0 Å². The van der Waals surface area contributed by atoms with Crippen molar-refractivity contribution in [2.75, 3.05) is 32.2 Å². The lowest BCUT2D eigenvalue weighted by atomic mass is 10.1. The van der Waals surface area contributed by atoms with E-state index in [-0.39, 0.29) is 29.1 Å². The molecule has 8 heteroatoms. The Labute approximate surface area is 186 Å². The average molecular weight is 438 g/mol. The van der Waals surface area contributed by atoms with Gasteiger partial charge in [-0.3, -0.25) is 19.3 Å². The minimum Gasteiger partial charge on any atom is -0.462 e. The van der Waals surface area contributed by atoms with E-state index in [1.807, 2.05) is 6.92 Å². The van der Waals surface area contributed by atoms with E-state index in [1.165, 1.54) is 23.1 Å². The Morgan fingerprint density at radius 2 is 1.59 bits per heavy atom. The number of esters is 1. The molecule has 2 aromatic carbocycles. The molecule has 1 aliphatic rings. The van der Waals surface area contributed by atoms with Gasteiger partial charge in [0.05, 0.1) is 23.3 Å². The van der Waals surface area contributed by atoms with Crippen LogP contribution < -0.4 is 5.32 Å². The van der Waals surface area contributed by atoms with Crippen molar-refractivity contribution in [2.45, 2.75) is 26.2 Å². The van der Waals surface area contributed by atoms with E-state index in [1.54, 1.807) is 31.4 Å². The summed E-state index contributed by atoms with van der Waals surface area (Å²) in [5, 5.41) is 2.73. The van der Waals surface area contributed by atoms with Crippen LogP contribution in [0.25, 0.3) is 0 Å². The number of unbranched alkanes of at least 4 members (excludes halogenated alkanes) is 1. The lowest BCUT2D eigenvalue weighted by Crippen LogP contribution is -2.31. The van der Waals surface area contributed by atoms with E-state index in [0.29, 0.717) is 30.9 Å². The second-order valence-electron chi connectivity index (χ2n) is 7.39. The molecule has 0 fully saturated rings. The van der Waals surface area contributed by atoms with Crippen molar-refractivity contribution >= 4 is 29.4 Å². The topological polar surface area (TPSA) is 102 Å². The van der Waals surface area contributed by atoms with Crippen molar-refractivity contribution in [3.63, 3.8) is 0 Å². The predicted octanol–water partition coefficient (Wildman–Crippen LogP) is 3.53. The molecule has 3 amide bonds. The van der Waals surface area contributed by atoms with Crippen LogP contribution in [-0.4, -0.2) is 55.5 Å². The highest BCUT2D eigenvalue weighted by atomic mass is 16.5. The Bertz CT molecular complexity index is 1020. The maximum absolute atomic E-state index is 12.7. The smallest absolute Gasteiger partial charge is 0.338 e. The lowest BCUT2D eigenvalue weighted by molar-refractivity contribution is 0.0498. The van der Waals surface area contributed by atoms with E-state index < -0.39 is 17.8 Å². The molecular formula is C24H26N2O6. The summed E-state index contributed by atoms with van der Waals surface area (Å²) in [4.78, 5) is 50.9. The van der Waals surface area contributed by atoms with Crippen molar-refractivity contribution in [3.05, 3.63) is 64.7 Å². The Morgan fingerprint density at radius 3 is 2.28 bits per heavy atom. The highest BCUT2D eigenvalue weighted by molar-refractivity contribution is 6.22. The first-order valence-electron chi connectivity index (χ1n) is 10.5. The average Bonchev–Trinajstić information content (AvgIpc) is 3.04. The van der Waals surface area contributed by atoms with Gasteiger partial charge in [-0.15, -0.1) is 0 Å². The van der Waals surface area contributed by atoms with Crippen LogP contribution in [-0.2, 0) is 9.47 Å². The molecule has 2 aromatic rings. The van der Waals surface area contributed by atoms with Crippen LogP contribution in [0.3, 0.4) is 0 Å². The maximum atomic E-state index is 12.7. The fraction of sp³-hybridized carbons (Fsp3) is 0.333. The van der Waals surface area contributed by atoms with Gasteiger partial charge in [-0.2, -0.15) is 0 Å². The van der Waals surface area contributed by atoms with Crippen molar-refractivity contribution in [1.82, 2.24) is 4.90 Å². The van der Waals surface area contributed by atoms with Crippen LogP contribution in [0.2, 0.25) is 0 Å². The minimum atomic E-state index is -0.427. The molecule has 3 rings (SSSR count). The standard InChI is InChI=1S/C24H26N2O6/c1-3-4-14-32-24(30)16-6-9-18(10-7-16)25-21(27)17-8-11-19-20(15-17)23(29)26(22(19)28)12-5-13-31-2/h6-11,15H,3-5,12-14H2,1-2H3,(H,25,27). The Kier molecular flexibility index (Phi) is 7.72. The number of anilines is 1. The Hall–Kier alpha value is -3.52. The van der Waals surface area contributed by atoms with Gasteiger partial charge in [0.1, 0.15) is 0 Å². The number of nitrogens with zero attached hydrogens (tertiary/aromatic N) is 1. The van der Waals surface area contributed by atoms with Gasteiger partial charge in [0.25, 0.3) is 17.7 Å². The molecule has 0 radical (unpaired) electrons. The van der Waals surface area contributed by atoms with Gasteiger partial charge in [0.2, 0.25) is 0 Å². The molecule has 0 aliphatic carbocycles. The number of nitrogens with one attached hydrogen (secondary N) is 1. The van der Waals surface area contributed by atoms with E-state index in [9.17, 15) is 19.2 Å². The van der Waals surface area contributed by atoms with Crippen molar-refractivity contribution < 1.29 is 28.7 Å². The lowest BCUT2D eigenvalue weighted by Gasteiger charge is -2.12. The summed E-state index contributed by atoms with van der Waals surface area (Å²) in [5.41, 5.74) is 1.64. The third-order valence-corrected chi connectivity index (χ3v) is 5.07. The molecule has 1 heterocycles. The summed E-state index contributed by atoms with van der Waals surface area (Å²) in [6.45, 7) is 3.08. The summed E-state index contributed by atoms with van der Waals surface area (Å²) < 4.78 is 10.1. The number of benzene rings is 2. The second kappa shape index (κ2) is 10.7. The molecule has 0 spiro atoms. The van der Waals surface area contributed by atoms with E-state index in [0.717, 1.165) is 12.8 Å². The fourth-order valence-electron chi connectivity index (χ4n) is 3.29. The SMILES string of the molecule is CCCCOC(=O)c1ccc(NC(=O)c2ccc3c(c2)C(=O)N(CCCOC)C3=O)cc1. The van der Waals surface area contributed by atoms with Crippen LogP contribution in [0.4, 0.5) is 5.69 Å². The number of ether oxygens (including phenoxy) is 2. The largest absolute Gasteiger partial charge is 0.462 e. The van der Waals surface area contributed by atoms with E-state index in [4.69, 9.17) is 9.47 Å². The summed E-state index contributed by atoms with van der Waals surface area (Å²) in [7, 11) is 1.56. The monoisotopic (exact) mass is 438 g/mol. The molecule has 1 aliphatic heterocycles. The number of hydrogen-bond acceptors (Lipinski definition) is 6. The molecule has 0 saturated heterocycles. The van der Waals surface area contributed by atoms with Crippen LogP contribution in [0.5, 0.6) is 0 Å². The zero-order valence-corrected chi connectivity index (χ0v) is 18.2. The molecule has 0 unspecified atom stereocenters. The van der Waals surface area contributed by atoms with Crippen LogP contribution in [0, 0.1) is 0 Å². The summed E-state index contributed by atoms with van der Waals surface area (Å²) in [5.74, 6) is -1.62. The number of amides is 3. The molecule has 0 aromatic heterocycles. The molecule has 168 valence electrons. The zero-order valence-electron chi connectivity index (χ0n) is 18.2. The first-order chi connectivity index (χ1) is 15.5. The predicted molar refractivity (Wildman–Crippen MR) is 118 cm³/mol. The second-order valence-corrected chi connectivity index (χ2v) is 7.39. The number of carbonyl (C=O) groups is 4. The van der Waals surface area contributed by atoms with Gasteiger partial charge < -0.3 is 14.8 Å². The number of rotatable bonds is 10. The van der Waals surface area contributed by atoms with Gasteiger partial charge in [0, 0.05) is 31.5 Å². The first-order valence-corrected chi connectivity index (χ1v) is 10.5. The zero-order chi connectivity index (χ0) is 23.1. The maximum Gasteiger partial charge on any atom is 0.338 e. The molecule has 0 atom stereocenters. The Balaban J connectivity index is 1.65. The van der Waals surface area contributed by atoms with Crippen LogP contribution in [0.1, 0.15) is 67.6 Å². The Morgan fingerprint density at radius 1 is 0.906 bits per heavy atom. The van der Waals surface area contributed by atoms with Gasteiger partial charge in [-0.1, -0.05) is 13.3 Å². The highest BCUT2D eigenvalue weighted by Gasteiger charge is 2.35. The fourth-order valence-corrected chi connectivity index (χ4v) is 3.29. The van der Waals surface area contributed by atoms with Crippen molar-refractivity contribution in [2.24, 2.45) is 0 Å². The summed E-state index contributed by atoms with van der Waals surface area (Å²) in [6, 6.07) is 10.8. The molecule has 32 heavy (non-hydrogen) atoms. The van der Waals surface area contributed by atoms with Crippen molar-refractivity contribution in [1.29, 1.82) is 0 Å². The molecule has 0 saturated carbocycles. The van der Waals surface area contributed by atoms with Gasteiger partial charge in [-0.05, 0) is 55.3 Å². The van der Waals surface area contributed by atoms with Gasteiger partial charge >= 0.3 is 5.97 Å². The normalized spacial score (nSPS) is 12.6. The molecule has 8 nitrogen and oxygen atoms in total. The summed E-state index contributed by atoms with van der Waals surface area (Å²) >= 11 is 0. The quantitative estimate of drug-likeness (QED) is 0.346. The third kappa shape index (κ3) is 5.20. The summed E-state index contributed by atoms with van der Waals surface area (Å²) in [6.07, 6.45) is 2.28. The van der Waals surface area contributed by atoms with Crippen LogP contribution >= 0.6 is 0 Å². The molecular weight excluding hydrogens is 412 g/mol.